The molecule has 0 unspecified atom stereocenters. The number of likely N-dealkylation sites (tertiary alicyclic amines) is 1. The Balaban J connectivity index is 0.00000120. The highest BCUT2D eigenvalue weighted by Crippen LogP contribution is 2.28. The van der Waals surface area contributed by atoms with Gasteiger partial charge in [0.2, 0.25) is 0 Å². The van der Waals surface area contributed by atoms with Crippen LogP contribution < -0.4 is 5.32 Å². The van der Waals surface area contributed by atoms with E-state index in [9.17, 15) is 4.79 Å². The molecule has 2 atom stereocenters. The molecule has 3 rings (SSSR count). The maximum atomic E-state index is 12.3. The quantitative estimate of drug-likeness (QED) is 0.859. The fourth-order valence-corrected chi connectivity index (χ4v) is 3.67. The van der Waals surface area contributed by atoms with Crippen LogP contribution in [0.2, 0.25) is 0 Å². The van der Waals surface area contributed by atoms with E-state index in [-0.39, 0.29) is 18.3 Å². The third-order valence-corrected chi connectivity index (χ3v) is 4.90. The minimum Gasteiger partial charge on any atom is -0.338 e. The first kappa shape index (κ1) is 13.8. The second kappa shape index (κ2) is 6.04. The second-order valence-electron chi connectivity index (χ2n) is 5.03. The van der Waals surface area contributed by atoms with Gasteiger partial charge in [0.05, 0.1) is 4.88 Å². The summed E-state index contributed by atoms with van der Waals surface area (Å²) < 4.78 is 0. The molecule has 2 fully saturated rings. The highest BCUT2D eigenvalue weighted by molar-refractivity contribution is 7.12. The van der Waals surface area contributed by atoms with Gasteiger partial charge in [-0.3, -0.25) is 4.79 Å². The minimum atomic E-state index is 0. The largest absolute Gasteiger partial charge is 0.338 e. The third kappa shape index (κ3) is 2.71. The topological polar surface area (TPSA) is 32.3 Å². The molecule has 1 aromatic rings. The smallest absolute Gasteiger partial charge is 0.263 e. The van der Waals surface area contributed by atoms with Crippen molar-refractivity contribution in [1.29, 1.82) is 0 Å². The monoisotopic (exact) mass is 286 g/mol. The minimum absolute atomic E-state index is 0. The fourth-order valence-electron chi connectivity index (χ4n) is 2.98. The second-order valence-corrected chi connectivity index (χ2v) is 5.97. The van der Waals surface area contributed by atoms with Crippen LogP contribution in [0.3, 0.4) is 0 Å². The average molecular weight is 287 g/mol. The molecule has 3 nitrogen and oxygen atoms in total. The summed E-state index contributed by atoms with van der Waals surface area (Å²) in [7, 11) is 0. The van der Waals surface area contributed by atoms with Crippen molar-refractivity contribution in [2.45, 2.75) is 12.8 Å². The Hall–Kier alpha value is -0.580. The van der Waals surface area contributed by atoms with Crippen molar-refractivity contribution in [1.82, 2.24) is 10.2 Å². The third-order valence-electron chi connectivity index (χ3n) is 4.04. The molecule has 2 saturated heterocycles. The van der Waals surface area contributed by atoms with Crippen LogP contribution in [0.25, 0.3) is 0 Å². The molecule has 18 heavy (non-hydrogen) atoms. The number of hydrogen-bond donors (Lipinski definition) is 1. The van der Waals surface area contributed by atoms with Crippen LogP contribution in [-0.4, -0.2) is 37.0 Å². The number of carbonyl (C=O) groups excluding carboxylic acids is 1. The molecular weight excluding hydrogens is 268 g/mol. The van der Waals surface area contributed by atoms with E-state index in [0.717, 1.165) is 55.7 Å². The number of rotatable bonds is 1. The van der Waals surface area contributed by atoms with E-state index < -0.39 is 0 Å². The number of halogens is 1. The van der Waals surface area contributed by atoms with Gasteiger partial charge in [0.1, 0.15) is 0 Å². The molecule has 0 radical (unpaired) electrons. The number of nitrogens with one attached hydrogen (secondary N) is 1. The molecule has 2 aliphatic heterocycles. The molecule has 0 aromatic carbocycles. The molecule has 0 bridgehead atoms. The zero-order chi connectivity index (χ0) is 11.7. The number of amides is 1. The molecule has 0 saturated carbocycles. The Labute approximate surface area is 118 Å². The van der Waals surface area contributed by atoms with Gasteiger partial charge in [-0.25, -0.2) is 0 Å². The van der Waals surface area contributed by atoms with Gasteiger partial charge >= 0.3 is 0 Å². The van der Waals surface area contributed by atoms with Gasteiger partial charge in [0.15, 0.2) is 0 Å². The van der Waals surface area contributed by atoms with E-state index in [1.54, 1.807) is 11.3 Å². The van der Waals surface area contributed by atoms with E-state index in [1.807, 2.05) is 22.4 Å². The van der Waals surface area contributed by atoms with Crippen molar-refractivity contribution in [2.75, 3.05) is 26.2 Å². The maximum Gasteiger partial charge on any atom is 0.263 e. The van der Waals surface area contributed by atoms with E-state index >= 15 is 0 Å². The SMILES string of the molecule is Cl.O=C(c1cccs1)N1CC[C@@H]2CNC[C@@H]2CC1. The predicted octanol–water partition coefficient (Wildman–Crippen LogP) is 2.24. The van der Waals surface area contributed by atoms with Crippen molar-refractivity contribution in [3.8, 4) is 0 Å². The van der Waals surface area contributed by atoms with E-state index in [2.05, 4.69) is 5.32 Å². The summed E-state index contributed by atoms with van der Waals surface area (Å²) in [6.07, 6.45) is 2.32. The van der Waals surface area contributed by atoms with E-state index in [4.69, 9.17) is 0 Å². The molecule has 100 valence electrons. The Morgan fingerprint density at radius 3 is 2.50 bits per heavy atom. The lowest BCUT2D eigenvalue weighted by molar-refractivity contribution is 0.0763. The molecule has 3 heterocycles. The van der Waals surface area contributed by atoms with Crippen molar-refractivity contribution >= 4 is 29.7 Å². The van der Waals surface area contributed by atoms with Crippen LogP contribution in [0.5, 0.6) is 0 Å². The number of nitrogens with zero attached hydrogens (tertiary/aromatic N) is 1. The molecule has 1 aromatic heterocycles. The summed E-state index contributed by atoms with van der Waals surface area (Å²) in [5.41, 5.74) is 0. The highest BCUT2D eigenvalue weighted by atomic mass is 35.5. The summed E-state index contributed by atoms with van der Waals surface area (Å²) in [5, 5.41) is 5.44. The van der Waals surface area contributed by atoms with Crippen LogP contribution in [0.1, 0.15) is 22.5 Å². The Morgan fingerprint density at radius 2 is 1.94 bits per heavy atom. The molecular formula is C13H19ClN2OS. The van der Waals surface area contributed by atoms with Crippen LogP contribution in [-0.2, 0) is 0 Å². The molecule has 5 heteroatoms. The lowest BCUT2D eigenvalue weighted by atomic mass is 9.92. The van der Waals surface area contributed by atoms with Crippen LogP contribution >= 0.6 is 23.7 Å². The zero-order valence-electron chi connectivity index (χ0n) is 10.3. The summed E-state index contributed by atoms with van der Waals surface area (Å²) in [6, 6.07) is 3.88. The molecule has 0 spiro atoms. The number of carbonyl (C=O) groups is 1. The molecule has 2 aliphatic rings. The number of fused-ring (bicyclic) bond motifs is 1. The molecule has 1 amide bonds. The summed E-state index contributed by atoms with van der Waals surface area (Å²) >= 11 is 1.55. The van der Waals surface area contributed by atoms with Crippen molar-refractivity contribution in [3.63, 3.8) is 0 Å². The maximum absolute atomic E-state index is 12.3. The van der Waals surface area contributed by atoms with Crippen LogP contribution in [0.4, 0.5) is 0 Å². The zero-order valence-corrected chi connectivity index (χ0v) is 11.9. The molecule has 0 aliphatic carbocycles. The number of hydrogen-bond acceptors (Lipinski definition) is 3. The van der Waals surface area contributed by atoms with Gasteiger partial charge in [0.25, 0.3) is 5.91 Å². The van der Waals surface area contributed by atoms with Crippen LogP contribution in [0, 0.1) is 11.8 Å². The van der Waals surface area contributed by atoms with Crippen molar-refractivity contribution in [3.05, 3.63) is 22.4 Å². The first-order valence-corrected chi connectivity index (χ1v) is 7.26. The first-order chi connectivity index (χ1) is 8.34. The van der Waals surface area contributed by atoms with Gasteiger partial charge in [-0.05, 0) is 49.2 Å². The predicted molar refractivity (Wildman–Crippen MR) is 76.6 cm³/mol. The fraction of sp³-hybridized carbons (Fsp3) is 0.615. The van der Waals surface area contributed by atoms with E-state index in [1.165, 1.54) is 0 Å². The van der Waals surface area contributed by atoms with E-state index in [0.29, 0.717) is 0 Å². The Bertz CT molecular complexity index is 382. The first-order valence-electron chi connectivity index (χ1n) is 6.38. The van der Waals surface area contributed by atoms with Gasteiger partial charge < -0.3 is 10.2 Å². The lowest BCUT2D eigenvalue weighted by Crippen LogP contribution is -2.32. The lowest BCUT2D eigenvalue weighted by Gasteiger charge is -2.20. The Kier molecular flexibility index (Phi) is 4.65. The Morgan fingerprint density at radius 1 is 1.28 bits per heavy atom. The number of thiophene rings is 1. The summed E-state index contributed by atoms with van der Waals surface area (Å²) in [5.74, 6) is 1.81. The average Bonchev–Trinajstić information content (AvgIpc) is 2.97. The van der Waals surface area contributed by atoms with Gasteiger partial charge in [-0.2, -0.15) is 0 Å². The van der Waals surface area contributed by atoms with Crippen LogP contribution in [0.15, 0.2) is 17.5 Å². The summed E-state index contributed by atoms with van der Waals surface area (Å²) in [6.45, 7) is 4.15. The van der Waals surface area contributed by atoms with Gasteiger partial charge in [-0.1, -0.05) is 6.07 Å². The van der Waals surface area contributed by atoms with Crippen molar-refractivity contribution in [2.24, 2.45) is 11.8 Å². The van der Waals surface area contributed by atoms with Crippen molar-refractivity contribution < 1.29 is 4.79 Å². The standard InChI is InChI=1S/C13H18N2OS.ClH/c16-13(12-2-1-7-17-12)15-5-3-10-8-14-9-11(10)4-6-15;/h1-2,7,10-11,14H,3-6,8-9H2;1H/t10-,11+;. The van der Waals surface area contributed by atoms with Gasteiger partial charge in [-0.15, -0.1) is 23.7 Å². The molecule has 1 N–H and O–H groups in total. The summed E-state index contributed by atoms with van der Waals surface area (Å²) in [4.78, 5) is 15.2. The normalized spacial score (nSPS) is 27.2. The van der Waals surface area contributed by atoms with Gasteiger partial charge in [0, 0.05) is 13.1 Å². The highest BCUT2D eigenvalue weighted by Gasteiger charge is 2.31.